The first kappa shape index (κ1) is 24.6. The van der Waals surface area contributed by atoms with Crippen molar-refractivity contribution in [2.45, 2.75) is 65.6 Å². The molecule has 8 nitrogen and oxygen atoms in total. The van der Waals surface area contributed by atoms with Gasteiger partial charge in [0.1, 0.15) is 11.2 Å². The molecule has 1 aromatic carbocycles. The first-order valence-electron chi connectivity index (χ1n) is 10.3. The molecule has 31 heavy (non-hydrogen) atoms. The zero-order valence-corrected chi connectivity index (χ0v) is 18.9. The van der Waals surface area contributed by atoms with Crippen molar-refractivity contribution in [2.24, 2.45) is 11.8 Å². The van der Waals surface area contributed by atoms with Gasteiger partial charge in [0.2, 0.25) is 5.82 Å². The van der Waals surface area contributed by atoms with Crippen LogP contribution in [-0.4, -0.2) is 46.2 Å². The van der Waals surface area contributed by atoms with Crippen molar-refractivity contribution in [3.05, 3.63) is 39.7 Å². The van der Waals surface area contributed by atoms with E-state index < -0.39 is 45.6 Å². The Kier molecular flexibility index (Phi) is 7.28. The van der Waals surface area contributed by atoms with Crippen LogP contribution in [0.1, 0.15) is 53.5 Å². The second kappa shape index (κ2) is 9.20. The van der Waals surface area contributed by atoms with E-state index in [0.29, 0.717) is 25.1 Å². The largest absolute Gasteiger partial charge is 0.460 e. The minimum Gasteiger partial charge on any atom is -0.460 e. The minimum atomic E-state index is -0.931. The number of nitro groups is 1. The van der Waals surface area contributed by atoms with Crippen molar-refractivity contribution in [1.82, 2.24) is 4.90 Å². The van der Waals surface area contributed by atoms with Gasteiger partial charge in [-0.05, 0) is 71.9 Å². The van der Waals surface area contributed by atoms with Crippen molar-refractivity contribution in [2.75, 3.05) is 13.1 Å². The topological polar surface area (TPSA) is 99.0 Å². The number of rotatable bonds is 5. The van der Waals surface area contributed by atoms with Gasteiger partial charge in [0.15, 0.2) is 0 Å². The molecule has 2 rings (SSSR count). The number of nitrogens with zero attached hydrogens (tertiary/aromatic N) is 2. The lowest BCUT2D eigenvalue weighted by molar-refractivity contribution is -0.387. The Morgan fingerprint density at radius 1 is 1.19 bits per heavy atom. The van der Waals surface area contributed by atoms with E-state index in [-0.39, 0.29) is 12.3 Å². The Labute approximate surface area is 181 Å². The van der Waals surface area contributed by atoms with Crippen LogP contribution in [0.15, 0.2) is 18.2 Å². The number of carbonyl (C=O) groups excluding carboxylic acids is 2. The molecule has 1 amide bonds. The van der Waals surface area contributed by atoms with E-state index in [1.54, 1.807) is 46.4 Å². The Bertz CT molecular complexity index is 843. The Hall–Kier alpha value is -2.71. The van der Waals surface area contributed by atoms with Crippen LogP contribution in [0.3, 0.4) is 0 Å². The third-order valence-corrected chi connectivity index (χ3v) is 4.82. The first-order valence-corrected chi connectivity index (χ1v) is 10.3. The zero-order valence-electron chi connectivity index (χ0n) is 18.9. The highest BCUT2D eigenvalue weighted by Crippen LogP contribution is 2.31. The number of halogens is 1. The molecule has 1 aromatic rings. The monoisotopic (exact) mass is 438 g/mol. The van der Waals surface area contributed by atoms with Crippen LogP contribution in [0.5, 0.6) is 0 Å². The third-order valence-electron chi connectivity index (χ3n) is 4.82. The van der Waals surface area contributed by atoms with E-state index in [1.165, 1.54) is 6.07 Å². The number of ether oxygens (including phenoxy) is 2. The molecule has 1 heterocycles. The predicted octanol–water partition coefficient (Wildman–Crippen LogP) is 4.49. The smallest absolute Gasteiger partial charge is 0.410 e. The number of hydrogen-bond acceptors (Lipinski definition) is 6. The fourth-order valence-electron chi connectivity index (χ4n) is 3.51. The molecule has 0 unspecified atom stereocenters. The van der Waals surface area contributed by atoms with Crippen molar-refractivity contribution in [3.63, 3.8) is 0 Å². The minimum absolute atomic E-state index is 0.142. The summed E-state index contributed by atoms with van der Waals surface area (Å²) < 4.78 is 24.7. The maximum atomic E-state index is 13.7. The molecule has 2 atom stereocenters. The molecule has 1 aliphatic heterocycles. The molecule has 0 radical (unpaired) electrons. The maximum absolute atomic E-state index is 13.7. The zero-order chi connectivity index (χ0) is 23.6. The number of nitro benzene ring substituents is 1. The SMILES string of the molecule is CC(C)(C)OC(=O)[C@@H](Cc1ccc(F)c([N+](=O)[O-])c1)[C@H]1CCN(C(=O)OC(C)(C)C)C1. The molecule has 0 spiro atoms. The number of likely N-dealkylation sites (tertiary alicyclic amines) is 1. The molecular formula is C22H31FN2O6. The number of amides is 1. The Balaban J connectivity index is 2.24. The Morgan fingerprint density at radius 2 is 1.81 bits per heavy atom. The van der Waals surface area contributed by atoms with E-state index in [0.717, 1.165) is 12.1 Å². The summed E-state index contributed by atoms with van der Waals surface area (Å²) in [5, 5.41) is 11.1. The molecule has 172 valence electrons. The van der Waals surface area contributed by atoms with E-state index in [4.69, 9.17) is 9.47 Å². The van der Waals surface area contributed by atoms with Crippen LogP contribution >= 0.6 is 0 Å². The Morgan fingerprint density at radius 3 is 2.35 bits per heavy atom. The average molecular weight is 438 g/mol. The van der Waals surface area contributed by atoms with Gasteiger partial charge in [0.25, 0.3) is 0 Å². The molecule has 1 fully saturated rings. The van der Waals surface area contributed by atoms with Crippen molar-refractivity contribution in [3.8, 4) is 0 Å². The molecule has 0 aromatic heterocycles. The van der Waals surface area contributed by atoms with E-state index >= 15 is 0 Å². The lowest BCUT2D eigenvalue weighted by Crippen LogP contribution is -2.38. The molecule has 9 heteroatoms. The lowest BCUT2D eigenvalue weighted by Gasteiger charge is -2.28. The molecule has 1 aliphatic rings. The number of carbonyl (C=O) groups is 2. The van der Waals surface area contributed by atoms with Crippen LogP contribution in [0.4, 0.5) is 14.9 Å². The van der Waals surface area contributed by atoms with Gasteiger partial charge in [-0.15, -0.1) is 0 Å². The highest BCUT2D eigenvalue weighted by molar-refractivity contribution is 5.74. The number of benzene rings is 1. The maximum Gasteiger partial charge on any atom is 0.410 e. The lowest BCUT2D eigenvalue weighted by atomic mass is 9.86. The van der Waals surface area contributed by atoms with Crippen molar-refractivity contribution < 1.29 is 28.4 Å². The van der Waals surface area contributed by atoms with Gasteiger partial charge in [-0.25, -0.2) is 4.79 Å². The highest BCUT2D eigenvalue weighted by Gasteiger charge is 2.39. The van der Waals surface area contributed by atoms with Gasteiger partial charge in [-0.2, -0.15) is 4.39 Å². The van der Waals surface area contributed by atoms with E-state index in [1.807, 2.05) is 0 Å². The van der Waals surface area contributed by atoms with Crippen molar-refractivity contribution in [1.29, 1.82) is 0 Å². The fourth-order valence-corrected chi connectivity index (χ4v) is 3.51. The molecule has 0 saturated carbocycles. The van der Waals surface area contributed by atoms with E-state index in [2.05, 4.69) is 0 Å². The predicted molar refractivity (Wildman–Crippen MR) is 112 cm³/mol. The van der Waals surface area contributed by atoms with Gasteiger partial charge >= 0.3 is 17.7 Å². The van der Waals surface area contributed by atoms with Crippen molar-refractivity contribution >= 4 is 17.7 Å². The van der Waals surface area contributed by atoms with Gasteiger partial charge in [0.05, 0.1) is 10.8 Å². The second-order valence-electron chi connectivity index (χ2n) is 9.86. The molecule has 0 bridgehead atoms. The average Bonchev–Trinajstić information content (AvgIpc) is 3.07. The van der Waals surface area contributed by atoms with Crippen LogP contribution in [0.2, 0.25) is 0 Å². The molecule has 0 N–H and O–H groups in total. The second-order valence-corrected chi connectivity index (χ2v) is 9.86. The standard InChI is InChI=1S/C22H31FN2O6/c1-21(2,3)30-19(26)16(11-14-7-8-17(23)18(12-14)25(28)29)15-9-10-24(13-15)20(27)31-22(4,5)6/h7-8,12,15-16H,9-11,13H2,1-6H3/t15-,16-/m0/s1. The molecule has 1 saturated heterocycles. The summed E-state index contributed by atoms with van der Waals surface area (Å²) in [5.74, 6) is -2.24. The summed E-state index contributed by atoms with van der Waals surface area (Å²) in [7, 11) is 0. The first-order chi connectivity index (χ1) is 14.2. The van der Waals surface area contributed by atoms with Gasteiger partial charge in [0, 0.05) is 19.2 Å². The summed E-state index contributed by atoms with van der Waals surface area (Å²) in [6, 6.07) is 3.61. The normalized spacial score (nSPS) is 17.9. The number of hydrogen-bond donors (Lipinski definition) is 0. The van der Waals surface area contributed by atoms with Gasteiger partial charge in [-0.3, -0.25) is 14.9 Å². The molecule has 0 aliphatic carbocycles. The number of esters is 1. The van der Waals surface area contributed by atoms with Crippen LogP contribution in [0, 0.1) is 27.8 Å². The molecular weight excluding hydrogens is 407 g/mol. The summed E-state index contributed by atoms with van der Waals surface area (Å²) in [6.07, 6.45) is 0.255. The highest BCUT2D eigenvalue weighted by atomic mass is 19.1. The van der Waals surface area contributed by atoms with E-state index in [9.17, 15) is 24.1 Å². The van der Waals surface area contributed by atoms with Gasteiger partial charge < -0.3 is 14.4 Å². The summed E-state index contributed by atoms with van der Waals surface area (Å²) in [4.78, 5) is 37.2. The third kappa shape index (κ3) is 7.18. The fraction of sp³-hybridized carbons (Fsp3) is 0.636. The quantitative estimate of drug-likeness (QED) is 0.382. The summed E-state index contributed by atoms with van der Waals surface area (Å²) >= 11 is 0. The summed E-state index contributed by atoms with van der Waals surface area (Å²) in [5.41, 5.74) is -1.53. The summed E-state index contributed by atoms with van der Waals surface area (Å²) in [6.45, 7) is 11.4. The van der Waals surface area contributed by atoms with Gasteiger partial charge in [-0.1, -0.05) is 6.07 Å². The van der Waals surface area contributed by atoms with Crippen LogP contribution in [0.25, 0.3) is 0 Å². The van der Waals surface area contributed by atoms with Crippen LogP contribution < -0.4 is 0 Å². The van der Waals surface area contributed by atoms with Crippen LogP contribution in [-0.2, 0) is 20.7 Å².